The Balaban J connectivity index is 1.31. The summed E-state index contributed by atoms with van der Waals surface area (Å²) in [5.74, 6) is 0.317. The van der Waals surface area contributed by atoms with E-state index in [-0.39, 0.29) is 36.7 Å². The van der Waals surface area contributed by atoms with E-state index in [4.69, 9.17) is 11.2 Å². The van der Waals surface area contributed by atoms with Gasteiger partial charge in [0.1, 0.15) is 12.6 Å². The maximum Gasteiger partial charge on any atom is 0.407 e. The predicted octanol–water partition coefficient (Wildman–Crippen LogP) is 3.53. The molecule has 2 aliphatic rings. The Morgan fingerprint density at radius 2 is 1.71 bits per heavy atom. The zero-order valence-corrected chi connectivity index (χ0v) is 18.8. The van der Waals surface area contributed by atoms with Crippen molar-refractivity contribution in [3.05, 3.63) is 59.7 Å². The molecular weight excluding hydrogens is 432 g/mol. The molecule has 0 bridgehead atoms. The molecule has 2 amide bonds. The van der Waals surface area contributed by atoms with Crippen LogP contribution in [0.2, 0.25) is 0 Å². The molecule has 0 heterocycles. The number of rotatable bonds is 8. The summed E-state index contributed by atoms with van der Waals surface area (Å²) in [6, 6.07) is 15.2. The van der Waals surface area contributed by atoms with Crippen molar-refractivity contribution in [2.24, 2.45) is 11.8 Å². The highest BCUT2D eigenvalue weighted by Gasteiger charge is 2.35. The zero-order valence-electron chi connectivity index (χ0n) is 18.8. The van der Waals surface area contributed by atoms with Crippen molar-refractivity contribution in [3.8, 4) is 23.5 Å². The molecule has 0 aliphatic heterocycles. The van der Waals surface area contributed by atoms with Crippen molar-refractivity contribution in [2.45, 2.75) is 37.6 Å². The maximum absolute atomic E-state index is 12.6. The second-order valence-electron chi connectivity index (χ2n) is 8.81. The van der Waals surface area contributed by atoms with Crippen LogP contribution in [0.5, 0.6) is 0 Å². The van der Waals surface area contributed by atoms with Crippen LogP contribution < -0.4 is 10.6 Å². The number of hydrogen-bond acceptors (Lipinski definition) is 4. The van der Waals surface area contributed by atoms with Crippen LogP contribution in [0.1, 0.15) is 42.7 Å². The van der Waals surface area contributed by atoms with Crippen molar-refractivity contribution in [2.75, 3.05) is 13.2 Å². The van der Waals surface area contributed by atoms with Crippen LogP contribution in [-0.2, 0) is 14.3 Å². The minimum Gasteiger partial charge on any atom is -0.480 e. The fourth-order valence-corrected chi connectivity index (χ4v) is 5.09. The number of hydrogen-bond donors (Lipinski definition) is 3. The van der Waals surface area contributed by atoms with Gasteiger partial charge >= 0.3 is 12.1 Å². The first-order valence-corrected chi connectivity index (χ1v) is 11.5. The highest BCUT2D eigenvalue weighted by molar-refractivity contribution is 5.85. The molecule has 1 unspecified atom stereocenters. The lowest BCUT2D eigenvalue weighted by atomic mass is 9.94. The maximum atomic E-state index is 12.6. The Morgan fingerprint density at radius 1 is 1.06 bits per heavy atom. The molecule has 2 aliphatic carbocycles. The van der Waals surface area contributed by atoms with Gasteiger partial charge in [0.05, 0.1) is 0 Å². The summed E-state index contributed by atoms with van der Waals surface area (Å²) in [7, 11) is 0. The number of carbonyl (C=O) groups is 3. The summed E-state index contributed by atoms with van der Waals surface area (Å²) >= 11 is 0. The summed E-state index contributed by atoms with van der Waals surface area (Å²) in [5.41, 5.74) is 4.61. The lowest BCUT2D eigenvalue weighted by Crippen LogP contribution is -2.45. The first-order valence-electron chi connectivity index (χ1n) is 11.5. The minimum absolute atomic E-state index is 0.0211. The molecule has 7 nitrogen and oxygen atoms in total. The Kier molecular flexibility index (Phi) is 7.17. The van der Waals surface area contributed by atoms with E-state index in [0.717, 1.165) is 35.1 Å². The van der Waals surface area contributed by atoms with Crippen molar-refractivity contribution in [1.82, 2.24) is 10.6 Å². The standard InChI is InChI=1S/C27H28N2O5/c1-2-8-24(26(31)32)29-25(30)18-14-7-9-17(18)15-28-27(33)34-16-23-21-12-5-3-10-19(21)20-11-4-6-13-22(20)23/h1,3-6,10-13,17-18,23-24H,7-9,14-16H2,(H,28,33)(H,29,30)(H,31,32)/t17-,18-,24?/m0/s1. The van der Waals surface area contributed by atoms with Gasteiger partial charge in [0.2, 0.25) is 5.91 Å². The number of aliphatic carboxylic acids is 1. The smallest absolute Gasteiger partial charge is 0.407 e. The quantitative estimate of drug-likeness (QED) is 0.523. The number of alkyl carbamates (subject to hydrolysis) is 1. The van der Waals surface area contributed by atoms with Gasteiger partial charge in [0.15, 0.2) is 0 Å². The molecule has 3 N–H and O–H groups in total. The molecule has 2 aromatic carbocycles. The number of terminal acetylenes is 1. The molecular formula is C27H28N2O5. The number of benzene rings is 2. The monoisotopic (exact) mass is 460 g/mol. The molecule has 0 radical (unpaired) electrons. The molecule has 0 spiro atoms. The van der Waals surface area contributed by atoms with Gasteiger partial charge in [-0.2, -0.15) is 0 Å². The number of carboxylic acids is 1. The van der Waals surface area contributed by atoms with Crippen LogP contribution in [0.25, 0.3) is 11.1 Å². The highest BCUT2D eigenvalue weighted by Crippen LogP contribution is 2.44. The van der Waals surface area contributed by atoms with E-state index >= 15 is 0 Å². The largest absolute Gasteiger partial charge is 0.480 e. The first-order chi connectivity index (χ1) is 16.5. The number of carboxylic acid groups (broad SMARTS) is 1. The Hall–Kier alpha value is -3.79. The molecule has 4 rings (SSSR count). The lowest BCUT2D eigenvalue weighted by Gasteiger charge is -2.22. The molecule has 7 heteroatoms. The van der Waals surface area contributed by atoms with Gasteiger partial charge in [-0.15, -0.1) is 12.3 Å². The average molecular weight is 461 g/mol. The summed E-state index contributed by atoms with van der Waals surface area (Å²) in [6.45, 7) is 0.516. The lowest BCUT2D eigenvalue weighted by molar-refractivity contribution is -0.142. The topological polar surface area (TPSA) is 105 Å². The fourth-order valence-electron chi connectivity index (χ4n) is 5.09. The van der Waals surface area contributed by atoms with Gasteiger partial charge in [-0.25, -0.2) is 9.59 Å². The molecule has 3 atom stereocenters. The molecule has 34 heavy (non-hydrogen) atoms. The van der Waals surface area contributed by atoms with Gasteiger partial charge in [-0.1, -0.05) is 55.0 Å². The van der Waals surface area contributed by atoms with Crippen LogP contribution >= 0.6 is 0 Å². The van der Waals surface area contributed by atoms with Gasteiger partial charge in [-0.3, -0.25) is 4.79 Å². The molecule has 1 fully saturated rings. The Bertz CT molecular complexity index is 1080. The van der Waals surface area contributed by atoms with Crippen LogP contribution in [0.15, 0.2) is 48.5 Å². The predicted molar refractivity (Wildman–Crippen MR) is 127 cm³/mol. The van der Waals surface area contributed by atoms with Gasteiger partial charge in [0, 0.05) is 24.8 Å². The Labute approximate surface area is 198 Å². The summed E-state index contributed by atoms with van der Waals surface area (Å²) in [6.07, 6.45) is 6.86. The summed E-state index contributed by atoms with van der Waals surface area (Å²) in [5, 5.41) is 14.6. The van der Waals surface area contributed by atoms with E-state index in [1.165, 1.54) is 0 Å². The van der Waals surface area contributed by atoms with E-state index in [9.17, 15) is 19.5 Å². The molecule has 176 valence electrons. The van der Waals surface area contributed by atoms with Crippen molar-refractivity contribution in [3.63, 3.8) is 0 Å². The molecule has 2 aromatic rings. The van der Waals surface area contributed by atoms with E-state index in [1.807, 2.05) is 24.3 Å². The SMILES string of the molecule is C#CCC(NC(=O)[C@H]1CCC[C@H]1CNC(=O)OCC1c2ccccc2-c2ccccc21)C(=O)O. The third-order valence-corrected chi connectivity index (χ3v) is 6.78. The van der Waals surface area contributed by atoms with Crippen LogP contribution in [0, 0.1) is 24.2 Å². The number of nitrogens with one attached hydrogen (secondary N) is 2. The van der Waals surface area contributed by atoms with Gasteiger partial charge in [0.25, 0.3) is 0 Å². The van der Waals surface area contributed by atoms with Crippen molar-refractivity contribution >= 4 is 18.0 Å². The van der Waals surface area contributed by atoms with Crippen LogP contribution in [0.3, 0.4) is 0 Å². The number of ether oxygens (including phenoxy) is 1. The highest BCUT2D eigenvalue weighted by atomic mass is 16.5. The first kappa shape index (κ1) is 23.4. The summed E-state index contributed by atoms with van der Waals surface area (Å²) < 4.78 is 5.57. The van der Waals surface area contributed by atoms with Crippen LogP contribution in [0.4, 0.5) is 4.79 Å². The Morgan fingerprint density at radius 3 is 2.32 bits per heavy atom. The second kappa shape index (κ2) is 10.4. The average Bonchev–Trinajstić information content (AvgIpc) is 3.44. The second-order valence-corrected chi connectivity index (χ2v) is 8.81. The van der Waals surface area contributed by atoms with Crippen molar-refractivity contribution in [1.29, 1.82) is 0 Å². The molecule has 0 aromatic heterocycles. The normalized spacial score (nSPS) is 19.4. The minimum atomic E-state index is -1.15. The number of fused-ring (bicyclic) bond motifs is 3. The number of amides is 2. The third kappa shape index (κ3) is 4.91. The fraction of sp³-hybridized carbons (Fsp3) is 0.370. The molecule has 0 saturated heterocycles. The van der Waals surface area contributed by atoms with E-state index in [1.54, 1.807) is 0 Å². The van der Waals surface area contributed by atoms with Gasteiger partial charge in [-0.05, 0) is 41.0 Å². The van der Waals surface area contributed by atoms with Gasteiger partial charge < -0.3 is 20.5 Å². The number of carbonyl (C=O) groups excluding carboxylic acids is 2. The van der Waals surface area contributed by atoms with Crippen LogP contribution in [-0.4, -0.2) is 42.3 Å². The van der Waals surface area contributed by atoms with E-state index in [2.05, 4.69) is 40.8 Å². The van der Waals surface area contributed by atoms with E-state index in [0.29, 0.717) is 13.0 Å². The molecule has 1 saturated carbocycles. The van der Waals surface area contributed by atoms with Crippen molar-refractivity contribution < 1.29 is 24.2 Å². The third-order valence-electron chi connectivity index (χ3n) is 6.78. The van der Waals surface area contributed by atoms with E-state index < -0.39 is 18.1 Å². The summed E-state index contributed by atoms with van der Waals surface area (Å²) in [4.78, 5) is 36.4. The zero-order chi connectivity index (χ0) is 24.1.